The van der Waals surface area contributed by atoms with Gasteiger partial charge in [-0.05, 0) is 66.0 Å². The summed E-state index contributed by atoms with van der Waals surface area (Å²) in [5.41, 5.74) is 10.3. The van der Waals surface area contributed by atoms with E-state index in [1.54, 1.807) is 0 Å². The smallest absolute Gasteiger partial charge is 0.227 e. The Balaban J connectivity index is 1.15. The number of oxazole rings is 1. The van der Waals surface area contributed by atoms with Crippen LogP contribution in [-0.4, -0.2) is 4.98 Å². The molecule has 7 aromatic carbocycles. The topological polar surface area (TPSA) is 55.6 Å². The molecule has 0 spiro atoms. The molecule has 5 heteroatoms. The van der Waals surface area contributed by atoms with Crippen LogP contribution in [0.5, 0.6) is 0 Å². The zero-order valence-corrected chi connectivity index (χ0v) is 25.5. The quantitative estimate of drug-likeness (QED) is 0.197. The zero-order valence-electron chi connectivity index (χ0n) is 25.5. The van der Waals surface area contributed by atoms with E-state index in [0.717, 1.165) is 99.9 Å². The molecular formula is C43H24N2O3. The molecule has 48 heavy (non-hydrogen) atoms. The van der Waals surface area contributed by atoms with Crippen molar-refractivity contribution in [3.05, 3.63) is 146 Å². The predicted octanol–water partition coefficient (Wildman–Crippen LogP) is 12.4. The molecule has 0 amide bonds. The molecule has 10 aromatic rings. The average Bonchev–Trinajstić information content (AvgIpc) is 3.89. The van der Waals surface area contributed by atoms with E-state index in [1.807, 2.05) is 66.7 Å². The number of rotatable bonds is 4. The second-order valence-corrected chi connectivity index (χ2v) is 12.4. The molecule has 1 aliphatic carbocycles. The normalized spacial score (nSPS) is 12.2. The summed E-state index contributed by atoms with van der Waals surface area (Å²) in [4.78, 5) is 7.34. The van der Waals surface area contributed by atoms with Gasteiger partial charge in [0.25, 0.3) is 0 Å². The SMILES string of the molecule is c1ccc(-c2nc3c(o2)-c2cccc4cc(N(c5ccc6c(c5)oc5ccccc56)c5ccc6c(c5)oc5ccccc56)cc-3c24)cc1. The first-order chi connectivity index (χ1) is 23.8. The van der Waals surface area contributed by atoms with Crippen LogP contribution in [0.15, 0.2) is 159 Å². The van der Waals surface area contributed by atoms with Crippen molar-refractivity contribution in [2.75, 3.05) is 4.90 Å². The summed E-state index contributed by atoms with van der Waals surface area (Å²) < 4.78 is 19.2. The van der Waals surface area contributed by atoms with E-state index in [1.165, 1.54) is 0 Å². The number of hydrogen-bond acceptors (Lipinski definition) is 5. The Hall–Kier alpha value is -6.59. The van der Waals surface area contributed by atoms with Gasteiger partial charge in [0.15, 0.2) is 5.76 Å². The van der Waals surface area contributed by atoms with Gasteiger partial charge in [0.05, 0.1) is 0 Å². The Bertz CT molecular complexity index is 2800. The number of furan rings is 2. The lowest BCUT2D eigenvalue weighted by Crippen LogP contribution is -2.10. The molecule has 3 heterocycles. The molecule has 0 radical (unpaired) electrons. The Morgan fingerprint density at radius 2 is 1.06 bits per heavy atom. The number of anilines is 3. The third-order valence-corrected chi connectivity index (χ3v) is 9.61. The standard InChI is InChI=1S/C43H24N2O3/c1-2-9-25(10-3-1)43-44-41-35-22-29(21-26-11-8-14-34(40(26)35)42(41)48-43)45(27-17-19-32-30-12-4-6-15-36(30)46-38(32)23-27)28-18-20-33-31-13-5-7-16-37(31)47-39(33)24-28/h1-24H. The molecule has 0 aliphatic heterocycles. The summed E-state index contributed by atoms with van der Waals surface area (Å²) in [6.07, 6.45) is 0. The number of hydrogen-bond donors (Lipinski definition) is 0. The van der Waals surface area contributed by atoms with Gasteiger partial charge in [-0.2, -0.15) is 0 Å². The van der Waals surface area contributed by atoms with E-state index in [0.29, 0.717) is 5.89 Å². The molecule has 0 saturated heterocycles. The fraction of sp³-hybridized carbons (Fsp3) is 0. The van der Waals surface area contributed by atoms with E-state index in [4.69, 9.17) is 18.2 Å². The maximum Gasteiger partial charge on any atom is 0.227 e. The summed E-state index contributed by atoms with van der Waals surface area (Å²) in [6.45, 7) is 0. The predicted molar refractivity (Wildman–Crippen MR) is 193 cm³/mol. The van der Waals surface area contributed by atoms with Gasteiger partial charge in [0.2, 0.25) is 5.89 Å². The Morgan fingerprint density at radius 1 is 0.438 bits per heavy atom. The lowest BCUT2D eigenvalue weighted by molar-refractivity contribution is 0.590. The van der Waals surface area contributed by atoms with Crippen LogP contribution < -0.4 is 4.90 Å². The highest BCUT2D eigenvalue weighted by Crippen LogP contribution is 2.51. The summed E-state index contributed by atoms with van der Waals surface area (Å²) in [5.74, 6) is 1.43. The van der Waals surface area contributed by atoms with Crippen molar-refractivity contribution in [3.8, 4) is 34.0 Å². The molecule has 0 unspecified atom stereocenters. The van der Waals surface area contributed by atoms with Crippen LogP contribution in [0.1, 0.15) is 0 Å². The third kappa shape index (κ3) is 3.58. The molecule has 0 bridgehead atoms. The average molecular weight is 617 g/mol. The zero-order chi connectivity index (χ0) is 31.3. The van der Waals surface area contributed by atoms with Gasteiger partial charge in [0, 0.05) is 72.8 Å². The molecule has 1 aliphatic rings. The van der Waals surface area contributed by atoms with Crippen molar-refractivity contribution in [2.45, 2.75) is 0 Å². The Morgan fingerprint density at radius 3 is 1.75 bits per heavy atom. The highest BCUT2D eigenvalue weighted by Gasteiger charge is 2.30. The van der Waals surface area contributed by atoms with E-state index in [9.17, 15) is 0 Å². The van der Waals surface area contributed by atoms with Crippen LogP contribution in [0.3, 0.4) is 0 Å². The van der Waals surface area contributed by atoms with Gasteiger partial charge in [-0.3, -0.25) is 0 Å². The monoisotopic (exact) mass is 616 g/mol. The maximum atomic E-state index is 6.46. The lowest BCUT2D eigenvalue weighted by Gasteiger charge is -2.26. The number of benzene rings is 7. The number of nitrogens with zero attached hydrogens (tertiary/aromatic N) is 2. The molecule has 0 fully saturated rings. The van der Waals surface area contributed by atoms with Crippen LogP contribution in [0.4, 0.5) is 17.1 Å². The van der Waals surface area contributed by atoms with Gasteiger partial charge in [-0.25, -0.2) is 4.98 Å². The molecule has 3 aromatic heterocycles. The summed E-state index contributed by atoms with van der Waals surface area (Å²) in [5, 5.41) is 6.66. The molecular weight excluding hydrogens is 592 g/mol. The fourth-order valence-corrected chi connectivity index (χ4v) is 7.46. The van der Waals surface area contributed by atoms with E-state index in [-0.39, 0.29) is 0 Å². The highest BCUT2D eigenvalue weighted by molar-refractivity contribution is 6.15. The Labute approximate surface area is 273 Å². The van der Waals surface area contributed by atoms with E-state index in [2.05, 4.69) is 83.8 Å². The lowest BCUT2D eigenvalue weighted by atomic mass is 10.0. The largest absolute Gasteiger partial charge is 0.456 e. The molecule has 0 saturated carbocycles. The van der Waals surface area contributed by atoms with Gasteiger partial charge in [0.1, 0.15) is 28.0 Å². The van der Waals surface area contributed by atoms with Crippen LogP contribution in [0.2, 0.25) is 0 Å². The summed E-state index contributed by atoms with van der Waals surface area (Å²) in [7, 11) is 0. The Kier molecular flexibility index (Phi) is 5.05. The van der Waals surface area contributed by atoms with Gasteiger partial charge in [-0.15, -0.1) is 0 Å². The van der Waals surface area contributed by atoms with Crippen LogP contribution in [0, 0.1) is 0 Å². The first-order valence-electron chi connectivity index (χ1n) is 16.0. The minimum Gasteiger partial charge on any atom is -0.456 e. The van der Waals surface area contributed by atoms with Crippen LogP contribution >= 0.6 is 0 Å². The second-order valence-electron chi connectivity index (χ2n) is 12.4. The van der Waals surface area contributed by atoms with Crippen LogP contribution in [-0.2, 0) is 0 Å². The minimum absolute atomic E-state index is 0.621. The molecule has 224 valence electrons. The van der Waals surface area contributed by atoms with Crippen molar-refractivity contribution in [1.29, 1.82) is 0 Å². The third-order valence-electron chi connectivity index (χ3n) is 9.61. The molecule has 0 atom stereocenters. The second kappa shape index (κ2) is 9.47. The first-order valence-corrected chi connectivity index (χ1v) is 16.0. The van der Waals surface area contributed by atoms with Crippen molar-refractivity contribution in [2.24, 2.45) is 0 Å². The minimum atomic E-state index is 0.621. The molecule has 11 rings (SSSR count). The van der Waals surface area contributed by atoms with Gasteiger partial charge >= 0.3 is 0 Å². The van der Waals surface area contributed by atoms with Gasteiger partial charge < -0.3 is 18.2 Å². The highest BCUT2D eigenvalue weighted by atomic mass is 16.4. The number of para-hydroxylation sites is 2. The number of aromatic nitrogens is 1. The summed E-state index contributed by atoms with van der Waals surface area (Å²) >= 11 is 0. The first kappa shape index (κ1) is 25.6. The number of fused-ring (bicyclic) bond motifs is 9. The van der Waals surface area contributed by atoms with Crippen molar-refractivity contribution in [1.82, 2.24) is 4.98 Å². The maximum absolute atomic E-state index is 6.46. The van der Waals surface area contributed by atoms with E-state index >= 15 is 0 Å². The fourth-order valence-electron chi connectivity index (χ4n) is 7.46. The van der Waals surface area contributed by atoms with Gasteiger partial charge in [-0.1, -0.05) is 72.8 Å². The summed E-state index contributed by atoms with van der Waals surface area (Å²) in [6, 6.07) is 50.2. The van der Waals surface area contributed by atoms with Crippen molar-refractivity contribution >= 4 is 71.7 Å². The molecule has 0 N–H and O–H groups in total. The van der Waals surface area contributed by atoms with Crippen LogP contribution in [0.25, 0.3) is 88.7 Å². The van der Waals surface area contributed by atoms with Crippen molar-refractivity contribution in [3.63, 3.8) is 0 Å². The van der Waals surface area contributed by atoms with Crippen molar-refractivity contribution < 1.29 is 13.3 Å². The van der Waals surface area contributed by atoms with E-state index < -0.39 is 0 Å². The molecule has 5 nitrogen and oxygen atoms in total.